The van der Waals surface area contributed by atoms with Crippen molar-refractivity contribution in [3.8, 4) is 0 Å². The van der Waals surface area contributed by atoms with Crippen molar-refractivity contribution in [1.29, 1.82) is 0 Å². The van der Waals surface area contributed by atoms with E-state index in [-0.39, 0.29) is 0 Å². The molecule has 6 heteroatoms. The fourth-order valence-corrected chi connectivity index (χ4v) is 6.32. The molecule has 134 valence electrons. The quantitative estimate of drug-likeness (QED) is 0.400. The summed E-state index contributed by atoms with van der Waals surface area (Å²) in [7, 11) is 0. The van der Waals surface area contributed by atoms with Crippen LogP contribution in [-0.2, 0) is 6.54 Å². The van der Waals surface area contributed by atoms with Crippen LogP contribution in [0.3, 0.4) is 0 Å². The third-order valence-electron chi connectivity index (χ3n) is 4.34. The number of fused-ring (bicyclic) bond motifs is 1. The van der Waals surface area contributed by atoms with Crippen LogP contribution in [0.2, 0.25) is 5.15 Å². The van der Waals surface area contributed by atoms with Crippen LogP contribution < -0.4 is 5.32 Å². The van der Waals surface area contributed by atoms with Crippen molar-refractivity contribution in [1.82, 2.24) is 4.98 Å². The van der Waals surface area contributed by atoms with Crippen LogP contribution >= 0.6 is 50.2 Å². The van der Waals surface area contributed by atoms with Crippen molar-refractivity contribution in [3.63, 3.8) is 0 Å². The van der Waals surface area contributed by atoms with Crippen LogP contribution in [0.1, 0.15) is 55.2 Å². The second-order valence-electron chi connectivity index (χ2n) is 5.86. The number of aromatic nitrogens is 1. The van der Waals surface area contributed by atoms with Crippen LogP contribution in [0, 0.1) is 0 Å². The summed E-state index contributed by atoms with van der Waals surface area (Å²) >= 11 is 13.7. The number of nitrogens with one attached hydrogen (secondary N) is 1. The van der Waals surface area contributed by atoms with E-state index in [1.165, 1.54) is 40.1 Å². The molecule has 2 nitrogen and oxygen atoms in total. The molecule has 0 radical (unpaired) electrons. The first-order valence-corrected chi connectivity index (χ1v) is 11.6. The first-order valence-electron chi connectivity index (χ1n) is 8.77. The van der Waals surface area contributed by atoms with Crippen LogP contribution in [0.15, 0.2) is 28.1 Å². The smallest absolute Gasteiger partial charge is 0.131 e. The minimum atomic E-state index is 0.544. The zero-order valence-corrected chi connectivity index (χ0v) is 18.4. The number of hydrogen-bond acceptors (Lipinski definition) is 4. The van der Waals surface area contributed by atoms with Gasteiger partial charge in [0.1, 0.15) is 5.15 Å². The predicted molar refractivity (Wildman–Crippen MR) is 117 cm³/mol. The average Bonchev–Trinajstić information content (AvgIpc) is 3.36. The summed E-state index contributed by atoms with van der Waals surface area (Å²) in [4.78, 5) is 7.32. The van der Waals surface area contributed by atoms with E-state index in [1.807, 2.05) is 31.3 Å². The van der Waals surface area contributed by atoms with E-state index in [1.54, 1.807) is 11.3 Å². The van der Waals surface area contributed by atoms with Gasteiger partial charge in [-0.05, 0) is 46.1 Å². The Labute approximate surface area is 170 Å². The molecule has 0 aromatic carbocycles. The number of nitrogens with zero attached hydrogens (tertiary/aromatic N) is 1. The van der Waals surface area contributed by atoms with E-state index >= 15 is 0 Å². The number of halogens is 2. The van der Waals surface area contributed by atoms with Crippen LogP contribution in [0.4, 0.5) is 5.69 Å². The van der Waals surface area contributed by atoms with Gasteiger partial charge in [-0.25, -0.2) is 4.98 Å². The number of anilines is 1. The summed E-state index contributed by atoms with van der Waals surface area (Å²) in [6.07, 6.45) is 5.25. The Morgan fingerprint density at radius 2 is 2.08 bits per heavy atom. The largest absolute Gasteiger partial charge is 0.379 e. The molecular weight excluding hydrogens is 436 g/mol. The molecule has 1 aliphatic carbocycles. The van der Waals surface area contributed by atoms with Gasteiger partial charge < -0.3 is 5.32 Å². The highest BCUT2D eigenvalue weighted by Crippen LogP contribution is 2.47. The zero-order valence-electron chi connectivity index (χ0n) is 14.4. The maximum Gasteiger partial charge on any atom is 0.131 e. The lowest BCUT2D eigenvalue weighted by Gasteiger charge is -2.06. The number of rotatable bonds is 4. The highest BCUT2D eigenvalue weighted by Gasteiger charge is 2.24. The molecule has 0 unspecified atom stereocenters. The van der Waals surface area contributed by atoms with E-state index in [9.17, 15) is 0 Å². The summed E-state index contributed by atoms with van der Waals surface area (Å²) in [6.45, 7) is 4.82. The van der Waals surface area contributed by atoms with Crippen molar-refractivity contribution in [3.05, 3.63) is 43.0 Å². The molecule has 1 aliphatic rings. The van der Waals surface area contributed by atoms with Gasteiger partial charge in [-0.15, -0.1) is 22.7 Å². The third kappa shape index (κ3) is 4.21. The molecule has 0 atom stereocenters. The molecule has 1 N–H and O–H groups in total. The monoisotopic (exact) mass is 456 g/mol. The Balaban J connectivity index is 0.000000880. The molecule has 0 spiro atoms. The molecule has 25 heavy (non-hydrogen) atoms. The molecule has 1 saturated carbocycles. The van der Waals surface area contributed by atoms with Crippen molar-refractivity contribution in [2.24, 2.45) is 0 Å². The molecule has 3 heterocycles. The summed E-state index contributed by atoms with van der Waals surface area (Å²) in [5.41, 5.74) is 2.08. The molecule has 3 aromatic heterocycles. The Morgan fingerprint density at radius 3 is 2.76 bits per heavy atom. The third-order valence-corrected chi connectivity index (χ3v) is 7.85. The maximum absolute atomic E-state index is 6.26. The van der Waals surface area contributed by atoms with Crippen molar-refractivity contribution < 1.29 is 0 Å². The van der Waals surface area contributed by atoms with E-state index in [4.69, 9.17) is 11.6 Å². The maximum atomic E-state index is 6.26. The predicted octanol–water partition coefficient (Wildman–Crippen LogP) is 8.07. The fraction of sp³-hybridized carbons (Fsp3) is 0.421. The van der Waals surface area contributed by atoms with Gasteiger partial charge in [0.15, 0.2) is 0 Å². The molecule has 0 bridgehead atoms. The van der Waals surface area contributed by atoms with Crippen molar-refractivity contribution >= 4 is 66.1 Å². The SMILES string of the molecule is CC.Clc1cc(NCc2cccs2)c2sc(C3CCCC3)c(Br)c2n1. The van der Waals surface area contributed by atoms with E-state index in [0.29, 0.717) is 11.1 Å². The van der Waals surface area contributed by atoms with Gasteiger partial charge in [0.05, 0.1) is 20.4 Å². The van der Waals surface area contributed by atoms with Gasteiger partial charge in [0.2, 0.25) is 0 Å². The Morgan fingerprint density at radius 1 is 1.32 bits per heavy atom. The average molecular weight is 458 g/mol. The summed E-state index contributed by atoms with van der Waals surface area (Å²) < 4.78 is 2.35. The zero-order chi connectivity index (χ0) is 17.8. The van der Waals surface area contributed by atoms with Gasteiger partial charge in [-0.2, -0.15) is 0 Å². The van der Waals surface area contributed by atoms with Crippen LogP contribution in [0.25, 0.3) is 10.2 Å². The first-order chi connectivity index (χ1) is 12.2. The van der Waals surface area contributed by atoms with Gasteiger partial charge in [-0.3, -0.25) is 0 Å². The van der Waals surface area contributed by atoms with Gasteiger partial charge in [-0.1, -0.05) is 44.4 Å². The number of pyridine rings is 1. The fourth-order valence-electron chi connectivity index (χ4n) is 3.20. The number of hydrogen-bond donors (Lipinski definition) is 1. The lowest BCUT2D eigenvalue weighted by atomic mass is 10.1. The van der Waals surface area contributed by atoms with Gasteiger partial charge >= 0.3 is 0 Å². The molecule has 4 rings (SSSR count). The highest BCUT2D eigenvalue weighted by molar-refractivity contribution is 9.10. The van der Waals surface area contributed by atoms with E-state index < -0.39 is 0 Å². The van der Waals surface area contributed by atoms with E-state index in [0.717, 1.165) is 22.2 Å². The second-order valence-corrected chi connectivity index (χ2v) is 9.13. The molecule has 0 saturated heterocycles. The molecule has 1 fully saturated rings. The Hall–Kier alpha value is -0.620. The highest BCUT2D eigenvalue weighted by atomic mass is 79.9. The lowest BCUT2D eigenvalue weighted by molar-refractivity contribution is 0.735. The summed E-state index contributed by atoms with van der Waals surface area (Å²) in [5.74, 6) is 0.674. The molecule has 0 aliphatic heterocycles. The van der Waals surface area contributed by atoms with Crippen molar-refractivity contribution in [2.75, 3.05) is 5.32 Å². The molecule has 3 aromatic rings. The minimum absolute atomic E-state index is 0.544. The molecular formula is C19H22BrClN2S2. The Kier molecular flexibility index (Phi) is 6.78. The van der Waals surface area contributed by atoms with E-state index in [2.05, 4.69) is 43.7 Å². The van der Waals surface area contributed by atoms with Gasteiger partial charge in [0, 0.05) is 22.4 Å². The first kappa shape index (κ1) is 19.2. The Bertz CT molecular complexity index is 824. The minimum Gasteiger partial charge on any atom is -0.379 e. The second kappa shape index (κ2) is 8.85. The standard InChI is InChI=1S/C17H16BrClN2S2.C2H6/c18-14-15-17(23-16(14)10-4-1-2-5-10)12(8-13(19)21-15)20-9-11-6-3-7-22-11;1-2/h3,6-8,10H,1-2,4-5,9H2,(H,20,21);1-2H3. The van der Waals surface area contributed by atoms with Crippen LogP contribution in [0.5, 0.6) is 0 Å². The molecule has 0 amide bonds. The summed E-state index contributed by atoms with van der Waals surface area (Å²) in [5, 5.41) is 6.18. The summed E-state index contributed by atoms with van der Waals surface area (Å²) in [6, 6.07) is 6.17. The van der Waals surface area contributed by atoms with Crippen LogP contribution in [-0.4, -0.2) is 4.98 Å². The number of thiophene rings is 2. The topological polar surface area (TPSA) is 24.9 Å². The van der Waals surface area contributed by atoms with Gasteiger partial charge in [0.25, 0.3) is 0 Å². The lowest BCUT2D eigenvalue weighted by Crippen LogP contribution is -1.98. The normalized spacial score (nSPS) is 14.6. The van der Waals surface area contributed by atoms with Crippen molar-refractivity contribution in [2.45, 2.75) is 52.0 Å².